The molecule has 0 unspecified atom stereocenters. The molecule has 8 nitrogen and oxygen atoms in total. The molecule has 472 valence electrons. The third kappa shape index (κ3) is 16.9. The monoisotopic (exact) mass is 1310 g/mol. The maximum Gasteiger partial charge on any atom is 0.349 e. The summed E-state index contributed by atoms with van der Waals surface area (Å²) in [5.74, 6) is -1.44. The quantitative estimate of drug-likeness (QED) is 0.0307. The van der Waals surface area contributed by atoms with E-state index in [1.807, 2.05) is 51.4 Å². The lowest BCUT2D eigenvalue weighted by Crippen LogP contribution is -2.33. The Morgan fingerprint density at radius 3 is 1.45 bits per heavy atom. The van der Waals surface area contributed by atoms with Crippen molar-refractivity contribution in [1.29, 1.82) is 5.26 Å². The van der Waals surface area contributed by atoms with E-state index in [9.17, 15) is 24.8 Å². The normalized spacial score (nSPS) is 12.8. The minimum atomic E-state index is -1.44. The number of nitrogens with zero attached hydrogens (tertiary/aromatic N) is 3. The summed E-state index contributed by atoms with van der Waals surface area (Å²) in [7, 11) is 0. The number of hydrogen-bond acceptors (Lipinski definition) is 12. The number of aromatic nitrogens is 1. The second-order valence-electron chi connectivity index (χ2n) is 24.0. The molecule has 89 heavy (non-hydrogen) atoms. The van der Waals surface area contributed by atoms with E-state index < -0.39 is 23.8 Å². The first-order valence-corrected chi connectivity index (χ1v) is 38.2. The molecule has 1 aliphatic rings. The van der Waals surface area contributed by atoms with E-state index in [0.29, 0.717) is 4.53 Å². The summed E-state index contributed by atoms with van der Waals surface area (Å²) in [5.41, 5.74) is 12.8. The lowest BCUT2D eigenvalue weighted by atomic mass is 10.0. The molecule has 14 heteroatoms. The van der Waals surface area contributed by atoms with Gasteiger partial charge in [0, 0.05) is 66.7 Å². The first-order chi connectivity index (χ1) is 43.6. The van der Waals surface area contributed by atoms with Gasteiger partial charge in [-0.1, -0.05) is 155 Å². The predicted octanol–water partition coefficient (Wildman–Crippen LogP) is 21.1. The maximum atomic E-state index is 14.1. The Hall–Kier alpha value is -5.66. The van der Waals surface area contributed by atoms with Crippen LogP contribution in [0.1, 0.15) is 214 Å². The molecule has 0 fully saturated rings. The van der Waals surface area contributed by atoms with Crippen molar-refractivity contribution in [3.63, 3.8) is 0 Å². The first kappa shape index (κ1) is 67.7. The summed E-state index contributed by atoms with van der Waals surface area (Å²) in [6.45, 7) is 14.4. The van der Waals surface area contributed by atoms with Crippen LogP contribution in [0, 0.1) is 11.3 Å². The van der Waals surface area contributed by atoms with Crippen LogP contribution in [0.25, 0.3) is 61.1 Å². The molecular weight excluding hydrogens is 1220 g/mol. The van der Waals surface area contributed by atoms with Crippen molar-refractivity contribution in [3.8, 4) is 55.5 Å². The summed E-state index contributed by atoms with van der Waals surface area (Å²) in [6.07, 6.45) is 32.6. The van der Waals surface area contributed by atoms with Gasteiger partial charge in [-0.05, 0) is 183 Å². The number of carboxylic acid groups (broad SMARTS) is 1. The second kappa shape index (κ2) is 34.1. The number of carboxylic acids is 1. The number of rotatable bonds is 36. The van der Waals surface area contributed by atoms with E-state index in [-0.39, 0.29) is 11.1 Å². The number of carbonyl (C=O) groups excluding carboxylic acids is 1. The third-order valence-electron chi connectivity index (χ3n) is 17.4. The molecule has 0 radical (unpaired) electrons. The number of unbranched alkanes of at least 4 members (excludes halogenated alkanes) is 15. The van der Waals surface area contributed by atoms with Crippen molar-refractivity contribution in [1.82, 2.24) is 4.57 Å². The van der Waals surface area contributed by atoms with Crippen LogP contribution in [-0.2, 0) is 66.0 Å². The number of aryl methyl sites for hydroxylation is 7. The molecule has 0 saturated heterocycles. The Balaban J connectivity index is 1.16. The van der Waals surface area contributed by atoms with Gasteiger partial charge in [0.05, 0.1) is 4.53 Å². The largest absolute Gasteiger partial charge is 0.477 e. The van der Waals surface area contributed by atoms with Crippen molar-refractivity contribution in [2.24, 2.45) is 0 Å². The van der Waals surface area contributed by atoms with Crippen molar-refractivity contribution in [3.05, 3.63) is 136 Å². The smallest absolute Gasteiger partial charge is 0.349 e. The number of benzene rings is 2. The molecule has 1 N–H and O–H groups in total. The van der Waals surface area contributed by atoms with Gasteiger partial charge in [0.15, 0.2) is 12.3 Å². The highest BCUT2D eigenvalue weighted by Crippen LogP contribution is 2.52. The molecule has 9 rings (SSSR count). The van der Waals surface area contributed by atoms with Crippen LogP contribution in [0.3, 0.4) is 0 Å². The average molecular weight is 1310 g/mol. The van der Waals surface area contributed by atoms with E-state index in [2.05, 4.69) is 119 Å². The predicted molar refractivity (Wildman–Crippen MR) is 384 cm³/mol. The van der Waals surface area contributed by atoms with Crippen LogP contribution >= 0.6 is 68.0 Å². The highest BCUT2D eigenvalue weighted by Gasteiger charge is 2.26. The highest BCUT2D eigenvalue weighted by molar-refractivity contribution is 7.30. The van der Waals surface area contributed by atoms with Gasteiger partial charge in [0.2, 0.25) is 0 Å². The van der Waals surface area contributed by atoms with Gasteiger partial charge in [0.25, 0.3) is 12.0 Å². The summed E-state index contributed by atoms with van der Waals surface area (Å²) < 4.78 is 6.31. The molecule has 0 spiro atoms. The third-order valence-corrected chi connectivity index (χ3v) is 25.1. The molecule has 8 aromatic rings. The zero-order valence-corrected chi connectivity index (χ0v) is 58.4. The van der Waals surface area contributed by atoms with Gasteiger partial charge in [-0.2, -0.15) is 5.26 Å². The summed E-state index contributed by atoms with van der Waals surface area (Å²) in [6, 6.07) is 30.6. The van der Waals surface area contributed by atoms with Crippen LogP contribution in [0.2, 0.25) is 0 Å². The SMILES string of the molecule is CCCCCCc1cc(-c2sc(-c3sc(-c4sc(-c5sc(-c6ccc7c(c6)CCc6ccccc6N7CC)cc5CCCCCC)cc4CCCCCC)cc3CCCCCC)cc2CCCCCC)sc1C=c1s/c(=C(\C#N)C(=O)O)n(COC=O)c1=O. The Labute approximate surface area is 553 Å². The number of carbonyl (C=O) groups is 2. The van der Waals surface area contributed by atoms with Crippen LogP contribution in [0.15, 0.2) is 77.6 Å². The fraction of sp³-hybridized carbons (Fsp3) is 0.467. The summed E-state index contributed by atoms with van der Waals surface area (Å²) >= 11 is 10.6. The molecule has 1 aliphatic heterocycles. The molecule has 0 saturated carbocycles. The Morgan fingerprint density at radius 1 is 0.539 bits per heavy atom. The molecule has 7 heterocycles. The fourth-order valence-corrected chi connectivity index (χ4v) is 20.2. The number of thiazole rings is 1. The van der Waals surface area contributed by atoms with E-state index in [1.54, 1.807) is 17.4 Å². The van der Waals surface area contributed by atoms with E-state index in [4.69, 9.17) is 4.74 Å². The second-order valence-corrected chi connectivity index (χ2v) is 30.3. The highest BCUT2D eigenvalue weighted by atomic mass is 32.1. The number of para-hydroxylation sites is 1. The topological polar surface area (TPSA) is 113 Å². The Morgan fingerprint density at radius 2 is 0.978 bits per heavy atom. The van der Waals surface area contributed by atoms with Crippen LogP contribution in [0.5, 0.6) is 0 Å². The number of anilines is 2. The fourth-order valence-electron chi connectivity index (χ4n) is 12.5. The minimum Gasteiger partial charge on any atom is -0.477 e. The van der Waals surface area contributed by atoms with Crippen molar-refractivity contribution in [2.75, 3.05) is 11.4 Å². The number of nitriles is 1. The van der Waals surface area contributed by atoms with Gasteiger partial charge in [-0.25, -0.2) is 4.79 Å². The molecule has 0 aliphatic carbocycles. The zero-order valence-electron chi connectivity index (χ0n) is 53.5. The maximum absolute atomic E-state index is 14.1. The molecule has 2 aromatic carbocycles. The van der Waals surface area contributed by atoms with Gasteiger partial charge in [-0.3, -0.25) is 14.2 Å². The van der Waals surface area contributed by atoms with Gasteiger partial charge >= 0.3 is 5.97 Å². The van der Waals surface area contributed by atoms with E-state index >= 15 is 0 Å². The Kier molecular flexibility index (Phi) is 26.0. The number of fused-ring (bicyclic) bond motifs is 2. The zero-order chi connectivity index (χ0) is 62.7. The van der Waals surface area contributed by atoms with E-state index in [0.717, 1.165) is 116 Å². The minimum absolute atomic E-state index is 0.0460. The van der Waals surface area contributed by atoms with E-state index in [1.165, 1.54) is 184 Å². The number of ether oxygens (including phenoxy) is 1. The standard InChI is InChI=1S/C75H91N3O5S6/c1-7-13-18-23-31-53-42-64(84-63(53)47-68-73(80)78(49-83-50-79)74(89-68)59(48-76)75(81)82)69-56(33-25-20-15-9-3)44-66(86-69)71-58(35-27-22-17-11-5)46-67(88-71)72-57(34-26-21-16-10-4)45-65(87-72)70-55(32-24-19-14-8-2)43-62(85-70)54-39-40-61-52(41-54)38-37-51-30-28-29-36-60(51)77(61)12-6/h28-30,36,39-47,50H,7-27,31-35,37-38,49H2,1-6H3,(H,81,82)/b68-47?,74-59+. The number of aliphatic carboxylic acids is 1. The molecule has 0 atom stereocenters. The lowest BCUT2D eigenvalue weighted by Gasteiger charge is -2.25. The summed E-state index contributed by atoms with van der Waals surface area (Å²) in [4.78, 5) is 53.4. The van der Waals surface area contributed by atoms with Crippen LogP contribution < -0.4 is 19.7 Å². The average Bonchev–Trinajstić information content (AvgIpc) is 1.69. The Bertz CT molecular complexity index is 3870. The first-order valence-electron chi connectivity index (χ1n) is 33.3. The van der Waals surface area contributed by atoms with Crippen LogP contribution in [0.4, 0.5) is 11.4 Å². The molecule has 6 aromatic heterocycles. The number of hydrogen-bond donors (Lipinski definition) is 1. The molecular formula is C75H91N3O5S6. The lowest BCUT2D eigenvalue weighted by molar-refractivity contribution is -0.132. The van der Waals surface area contributed by atoms with Crippen molar-refractivity contribution in [2.45, 2.75) is 222 Å². The van der Waals surface area contributed by atoms with Crippen molar-refractivity contribution >= 4 is 103 Å². The van der Waals surface area contributed by atoms with Gasteiger partial charge < -0.3 is 14.7 Å². The van der Waals surface area contributed by atoms with Gasteiger partial charge in [-0.15, -0.1) is 68.0 Å². The van der Waals surface area contributed by atoms with Crippen LogP contribution in [-0.4, -0.2) is 28.7 Å². The molecule has 0 bridgehead atoms. The summed E-state index contributed by atoms with van der Waals surface area (Å²) in [5, 5.41) is 19.9. The van der Waals surface area contributed by atoms with Gasteiger partial charge in [0.1, 0.15) is 10.7 Å². The van der Waals surface area contributed by atoms with Crippen molar-refractivity contribution < 1.29 is 19.4 Å². The molecule has 0 amide bonds. The number of thiophene rings is 5.